The van der Waals surface area contributed by atoms with Crippen LogP contribution in [0.2, 0.25) is 0 Å². The topological polar surface area (TPSA) is 107 Å². The maximum atomic E-state index is 13.8. The molecule has 8 heteroatoms. The predicted molar refractivity (Wildman–Crippen MR) is 115 cm³/mol. The van der Waals surface area contributed by atoms with Crippen LogP contribution in [0.3, 0.4) is 0 Å². The molecule has 0 spiro atoms. The normalized spacial score (nSPS) is 29.8. The Morgan fingerprint density at radius 1 is 1.42 bits per heavy atom. The van der Waals surface area contributed by atoms with Gasteiger partial charge in [-0.2, -0.15) is 0 Å². The third-order valence-corrected chi connectivity index (χ3v) is 6.43. The SMILES string of the molecule is CC(C)C(CF)N=C1/C(=C2\C=CCC[C@@H]2N)Cn2c1cc1c(c2=O)COC(=O)[C@@]1(C)O. The molecule has 0 saturated heterocycles. The fourth-order valence-electron chi connectivity index (χ4n) is 4.38. The van der Waals surface area contributed by atoms with E-state index in [2.05, 4.69) is 0 Å². The number of fused-ring (bicyclic) bond motifs is 2. The summed E-state index contributed by atoms with van der Waals surface area (Å²) in [4.78, 5) is 30.2. The number of allylic oxidation sites excluding steroid dienone is 2. The number of rotatable bonds is 3. The molecule has 1 unspecified atom stereocenters. The van der Waals surface area contributed by atoms with E-state index in [9.17, 15) is 19.1 Å². The number of carbonyl (C=O) groups is 1. The Labute approximate surface area is 180 Å². The maximum Gasteiger partial charge on any atom is 0.342 e. The number of ether oxygens (including phenoxy) is 1. The van der Waals surface area contributed by atoms with Gasteiger partial charge in [-0.25, -0.2) is 9.18 Å². The van der Waals surface area contributed by atoms with Crippen molar-refractivity contribution in [2.45, 2.75) is 64.4 Å². The highest BCUT2D eigenvalue weighted by atomic mass is 19.1. The van der Waals surface area contributed by atoms with E-state index in [-0.39, 0.29) is 41.8 Å². The highest BCUT2D eigenvalue weighted by Gasteiger charge is 2.43. The van der Waals surface area contributed by atoms with Crippen molar-refractivity contribution in [2.24, 2.45) is 16.6 Å². The molecule has 3 aliphatic rings. The molecule has 1 aromatic rings. The molecule has 4 rings (SSSR count). The molecular formula is C23H28FN3O4. The van der Waals surface area contributed by atoms with E-state index in [0.29, 0.717) is 11.4 Å². The van der Waals surface area contributed by atoms with Crippen LogP contribution in [-0.4, -0.2) is 40.1 Å². The third-order valence-electron chi connectivity index (χ3n) is 6.43. The lowest BCUT2D eigenvalue weighted by atomic mass is 9.88. The number of cyclic esters (lactones) is 1. The molecule has 166 valence electrons. The summed E-state index contributed by atoms with van der Waals surface area (Å²) in [6.45, 7) is 4.52. The number of aliphatic imine (C=N–C) groups is 1. The van der Waals surface area contributed by atoms with Gasteiger partial charge in [0.1, 0.15) is 13.3 Å². The molecule has 7 nitrogen and oxygen atoms in total. The van der Waals surface area contributed by atoms with Crippen LogP contribution >= 0.6 is 0 Å². The fourth-order valence-corrected chi connectivity index (χ4v) is 4.38. The number of nitrogens with zero attached hydrogens (tertiary/aromatic N) is 2. The van der Waals surface area contributed by atoms with Gasteiger partial charge in [-0.05, 0) is 37.3 Å². The number of aliphatic hydroxyl groups is 1. The van der Waals surface area contributed by atoms with E-state index in [1.165, 1.54) is 6.92 Å². The van der Waals surface area contributed by atoms with Crippen LogP contribution < -0.4 is 11.3 Å². The average molecular weight is 429 g/mol. The van der Waals surface area contributed by atoms with Crippen molar-refractivity contribution in [1.29, 1.82) is 0 Å². The van der Waals surface area contributed by atoms with Gasteiger partial charge in [-0.15, -0.1) is 0 Å². The van der Waals surface area contributed by atoms with Gasteiger partial charge in [0.05, 0.1) is 29.6 Å². The van der Waals surface area contributed by atoms with E-state index in [1.807, 2.05) is 26.0 Å². The van der Waals surface area contributed by atoms with Crippen molar-refractivity contribution in [1.82, 2.24) is 4.57 Å². The summed E-state index contributed by atoms with van der Waals surface area (Å²) in [6, 6.07) is 0.829. The van der Waals surface area contributed by atoms with Crippen LogP contribution in [0.1, 0.15) is 50.4 Å². The first-order valence-corrected chi connectivity index (χ1v) is 10.6. The van der Waals surface area contributed by atoms with Crippen LogP contribution in [0.15, 0.2) is 39.2 Å². The monoisotopic (exact) mass is 429 g/mol. The van der Waals surface area contributed by atoms with Crippen LogP contribution in [0, 0.1) is 5.92 Å². The van der Waals surface area contributed by atoms with Crippen LogP contribution in [0.25, 0.3) is 0 Å². The van der Waals surface area contributed by atoms with Crippen molar-refractivity contribution in [3.8, 4) is 0 Å². The summed E-state index contributed by atoms with van der Waals surface area (Å²) in [6.07, 6.45) is 5.64. The number of aromatic nitrogens is 1. The zero-order valence-corrected chi connectivity index (χ0v) is 18.0. The summed E-state index contributed by atoms with van der Waals surface area (Å²) in [5.74, 6) is -0.851. The first kappa shape index (κ1) is 21.6. The minimum absolute atomic E-state index is 0.0456. The Hall–Kier alpha value is -2.58. The van der Waals surface area contributed by atoms with Gasteiger partial charge in [-0.1, -0.05) is 26.0 Å². The van der Waals surface area contributed by atoms with Crippen LogP contribution in [-0.2, 0) is 28.3 Å². The number of hydrogen-bond acceptors (Lipinski definition) is 6. The highest BCUT2D eigenvalue weighted by Crippen LogP contribution is 2.34. The molecule has 3 atom stereocenters. The van der Waals surface area contributed by atoms with Gasteiger partial charge in [0.2, 0.25) is 0 Å². The quantitative estimate of drug-likeness (QED) is 0.714. The molecule has 1 aliphatic carbocycles. The molecule has 0 saturated carbocycles. The van der Waals surface area contributed by atoms with Gasteiger partial charge in [0.25, 0.3) is 5.56 Å². The summed E-state index contributed by atoms with van der Waals surface area (Å²) in [5.41, 5.74) is 7.17. The number of hydrogen-bond donors (Lipinski definition) is 2. The molecule has 0 radical (unpaired) electrons. The average Bonchev–Trinajstić information content (AvgIpc) is 3.08. The van der Waals surface area contributed by atoms with Crippen LogP contribution in [0.4, 0.5) is 4.39 Å². The van der Waals surface area contributed by atoms with E-state index in [4.69, 9.17) is 15.5 Å². The molecule has 0 fully saturated rings. The van der Waals surface area contributed by atoms with Crippen molar-refractivity contribution < 1.29 is 19.0 Å². The number of alkyl halides is 1. The Kier molecular flexibility index (Phi) is 5.47. The van der Waals surface area contributed by atoms with Crippen molar-refractivity contribution >= 4 is 11.7 Å². The molecule has 0 amide bonds. The van der Waals surface area contributed by atoms with E-state index in [0.717, 1.165) is 24.0 Å². The Balaban J connectivity index is 1.99. The predicted octanol–water partition coefficient (Wildman–Crippen LogP) is 1.88. The lowest BCUT2D eigenvalue weighted by molar-refractivity contribution is -0.169. The zero-order chi connectivity index (χ0) is 22.5. The molecule has 2 aliphatic heterocycles. The smallest absolute Gasteiger partial charge is 0.342 e. The standard InChI is InChI=1S/C23H28FN3O4/c1-12(2)18(9-24)26-20-14(13-6-4-5-7-17(13)25)10-27-19(20)8-16-15(21(27)28)11-31-22(29)23(16,3)30/h4,6,8,12,17-18,30H,5,7,9-11,25H2,1-3H3/b14-13+,26-20?/t17-,18?,23-/m0/s1. The molecule has 0 bridgehead atoms. The molecule has 0 aromatic carbocycles. The van der Waals surface area contributed by atoms with Gasteiger partial charge < -0.3 is 20.1 Å². The van der Waals surface area contributed by atoms with E-state index in [1.54, 1.807) is 10.6 Å². The van der Waals surface area contributed by atoms with Gasteiger partial charge in [0, 0.05) is 17.2 Å². The highest BCUT2D eigenvalue weighted by molar-refractivity contribution is 6.14. The minimum atomic E-state index is -1.94. The molecular weight excluding hydrogens is 401 g/mol. The molecule has 1 aromatic heterocycles. The molecule has 3 N–H and O–H groups in total. The first-order valence-electron chi connectivity index (χ1n) is 10.6. The van der Waals surface area contributed by atoms with E-state index < -0.39 is 24.3 Å². The Bertz CT molecular complexity index is 1080. The van der Waals surface area contributed by atoms with Gasteiger partial charge in [-0.3, -0.25) is 9.79 Å². The number of esters is 1. The Morgan fingerprint density at radius 2 is 2.16 bits per heavy atom. The fraction of sp³-hybridized carbons (Fsp3) is 0.522. The maximum absolute atomic E-state index is 13.8. The van der Waals surface area contributed by atoms with Crippen molar-refractivity contribution in [3.05, 3.63) is 56.5 Å². The zero-order valence-electron chi connectivity index (χ0n) is 18.0. The second-order valence-corrected chi connectivity index (χ2v) is 8.92. The Morgan fingerprint density at radius 3 is 2.81 bits per heavy atom. The third kappa shape index (κ3) is 3.47. The van der Waals surface area contributed by atoms with Crippen molar-refractivity contribution in [2.75, 3.05) is 6.67 Å². The van der Waals surface area contributed by atoms with Gasteiger partial charge in [0.15, 0.2) is 5.60 Å². The molecule has 31 heavy (non-hydrogen) atoms. The summed E-state index contributed by atoms with van der Waals surface area (Å²) < 4.78 is 20.4. The largest absolute Gasteiger partial charge is 0.458 e. The second-order valence-electron chi connectivity index (χ2n) is 8.92. The van der Waals surface area contributed by atoms with E-state index >= 15 is 0 Å². The lowest BCUT2D eigenvalue weighted by Gasteiger charge is -2.29. The molecule has 3 heterocycles. The number of halogens is 1. The number of pyridine rings is 1. The number of nitrogens with two attached hydrogens (primary N) is 1. The minimum Gasteiger partial charge on any atom is -0.458 e. The second kappa shape index (κ2) is 7.84. The van der Waals surface area contributed by atoms with Gasteiger partial charge >= 0.3 is 5.97 Å². The summed E-state index contributed by atoms with van der Waals surface area (Å²) in [5, 5.41) is 10.7. The van der Waals surface area contributed by atoms with Crippen LogP contribution in [0.5, 0.6) is 0 Å². The summed E-state index contributed by atoms with van der Waals surface area (Å²) in [7, 11) is 0. The first-order chi connectivity index (χ1) is 14.7. The number of carbonyl (C=O) groups excluding carboxylic acids is 1. The van der Waals surface area contributed by atoms with Crippen molar-refractivity contribution in [3.63, 3.8) is 0 Å². The summed E-state index contributed by atoms with van der Waals surface area (Å²) >= 11 is 0. The lowest BCUT2D eigenvalue weighted by Crippen LogP contribution is -2.43.